The fourth-order valence-electron chi connectivity index (χ4n) is 6.08. The molecule has 2 aromatic carbocycles. The largest absolute Gasteiger partial charge is 0.490 e. The van der Waals surface area contributed by atoms with E-state index in [1.54, 1.807) is 6.07 Å². The highest BCUT2D eigenvalue weighted by Gasteiger charge is 2.44. The van der Waals surface area contributed by atoms with E-state index in [9.17, 15) is 42.7 Å². The predicted octanol–water partition coefficient (Wildman–Crippen LogP) is 3.56. The van der Waals surface area contributed by atoms with Crippen LogP contribution in [0.15, 0.2) is 63.7 Å². The molecule has 7 atom stereocenters. The van der Waals surface area contributed by atoms with Crippen LogP contribution in [0.1, 0.15) is 76.0 Å². The van der Waals surface area contributed by atoms with Crippen molar-refractivity contribution in [3.63, 3.8) is 0 Å². The van der Waals surface area contributed by atoms with Gasteiger partial charge in [-0.1, -0.05) is 54.1 Å². The maximum atomic E-state index is 13.6. The lowest BCUT2D eigenvalue weighted by molar-refractivity contribution is -0.121. The lowest BCUT2D eigenvalue weighted by Crippen LogP contribution is -2.31. The molecule has 30 nitrogen and oxygen atoms in total. The van der Waals surface area contributed by atoms with Gasteiger partial charge in [0.25, 0.3) is 0 Å². The molecule has 4 rings (SSSR count). The number of hydrogen-bond donors (Lipinski definition) is 7. The minimum absolute atomic E-state index is 0.0393. The Morgan fingerprint density at radius 3 is 2.30 bits per heavy atom. The van der Waals surface area contributed by atoms with E-state index in [1.807, 2.05) is 0 Å². The molecule has 1 aromatic heterocycles. The highest BCUT2D eigenvalue weighted by Crippen LogP contribution is 2.66. The second-order valence-corrected chi connectivity index (χ2v) is 18.4. The Morgan fingerprint density at radius 2 is 1.62 bits per heavy atom. The van der Waals surface area contributed by atoms with Gasteiger partial charge in [-0.05, 0) is 46.5 Å². The van der Waals surface area contributed by atoms with E-state index in [2.05, 4.69) is 50.8 Å². The van der Waals surface area contributed by atoms with E-state index >= 15 is 0 Å². The number of nitrogen functional groups attached to an aromatic ring is 1. The van der Waals surface area contributed by atoms with Gasteiger partial charge in [-0.25, -0.2) is 28.1 Å². The number of nitrogens with one attached hydrogen (secondary N) is 1. The van der Waals surface area contributed by atoms with Crippen LogP contribution >= 0.6 is 23.5 Å². The monoisotopic (exact) mass is 1030 g/mol. The average molecular weight is 1030 g/mol. The van der Waals surface area contributed by atoms with E-state index in [-0.39, 0.29) is 59.1 Å². The summed E-state index contributed by atoms with van der Waals surface area (Å²) in [5, 5.41) is 9.84. The lowest BCUT2D eigenvalue weighted by Gasteiger charge is -2.21. The Kier molecular flexibility index (Phi) is 20.6. The number of aromatic nitrogens is 2. The van der Waals surface area contributed by atoms with E-state index in [0.29, 0.717) is 13.2 Å². The summed E-state index contributed by atoms with van der Waals surface area (Å²) >= 11 is 0. The molecule has 0 spiro atoms. The Morgan fingerprint density at radius 1 is 0.957 bits per heavy atom. The van der Waals surface area contributed by atoms with E-state index in [4.69, 9.17) is 60.5 Å². The summed E-state index contributed by atoms with van der Waals surface area (Å²) in [4.78, 5) is 99.1. The molecule has 0 radical (unpaired) electrons. The maximum Gasteiger partial charge on any atom is 0.490 e. The van der Waals surface area contributed by atoms with Crippen LogP contribution in [0.5, 0.6) is 0 Å². The molecule has 33 heteroatoms. The summed E-state index contributed by atoms with van der Waals surface area (Å²) in [5.74, 6) is 2.30. The minimum Gasteiger partial charge on any atom is -0.456 e. The Labute approximate surface area is 389 Å². The van der Waals surface area contributed by atoms with E-state index in [0.717, 1.165) is 10.8 Å². The molecule has 1 amide bonds. The molecule has 1 fully saturated rings. The van der Waals surface area contributed by atoms with Crippen molar-refractivity contribution in [2.45, 2.75) is 50.8 Å². The van der Waals surface area contributed by atoms with Crippen LogP contribution in [-0.4, -0.2) is 105 Å². The van der Waals surface area contributed by atoms with E-state index in [1.165, 1.54) is 50.2 Å². The number of rotatable bonds is 24. The van der Waals surface area contributed by atoms with Crippen LogP contribution in [-0.2, 0) is 55.3 Å². The van der Waals surface area contributed by atoms with Crippen molar-refractivity contribution >= 4 is 52.8 Å². The van der Waals surface area contributed by atoms with Crippen molar-refractivity contribution in [2.75, 3.05) is 57.2 Å². The third-order valence-electron chi connectivity index (χ3n) is 9.00. The maximum absolute atomic E-state index is 13.6. The van der Waals surface area contributed by atoms with Crippen molar-refractivity contribution < 1.29 is 84.5 Å². The van der Waals surface area contributed by atoms with Crippen LogP contribution in [0.2, 0.25) is 0 Å². The number of amides is 1. The van der Waals surface area contributed by atoms with Crippen LogP contribution in [0.3, 0.4) is 0 Å². The molecule has 1 aliphatic rings. The van der Waals surface area contributed by atoms with Gasteiger partial charge in [0.2, 0.25) is 5.91 Å². The van der Waals surface area contributed by atoms with Gasteiger partial charge in [0.15, 0.2) is 6.61 Å². The van der Waals surface area contributed by atoms with Crippen LogP contribution in [0.25, 0.3) is 20.9 Å². The molecule has 3 aromatic rings. The molecule has 1 aliphatic heterocycles. The average Bonchev–Trinajstić information content (AvgIpc) is 3.66. The molecule has 5 unspecified atom stereocenters. The van der Waals surface area contributed by atoms with Crippen molar-refractivity contribution in [1.82, 2.24) is 9.55 Å². The molecular weight excluding hydrogens is 983 g/mol. The number of carbonyl (C=O) groups excluding carboxylic acids is 3. The SMILES string of the molecule is CC(N=[N+]=[N-])c1cc(NC(=O)COCCOCCN)ccc1C(=O)OCC#Cc1cn([C@H]2CC(OC(=O)c3ccccc3C(C)N=[N+]=[N-])[C@@H](COP(=O)(O)OP(=O)(O)OP(=O)(O)O)O2)c(=O)nc1N. The van der Waals surface area contributed by atoms with Gasteiger partial charge in [0.05, 0.1) is 55.2 Å². The topological polar surface area (TPSA) is 454 Å². The molecule has 69 heavy (non-hydrogen) atoms. The number of azide groups is 2. The van der Waals surface area contributed by atoms with Gasteiger partial charge in [-0.15, -0.1) is 0 Å². The third kappa shape index (κ3) is 17.5. The zero-order valence-corrected chi connectivity index (χ0v) is 38.8. The lowest BCUT2D eigenvalue weighted by atomic mass is 10.0. The van der Waals surface area contributed by atoms with Gasteiger partial charge in [0.1, 0.15) is 30.9 Å². The minimum atomic E-state index is -5.93. The molecule has 0 bridgehead atoms. The number of phosphoric acid groups is 3. The highest BCUT2D eigenvalue weighted by atomic mass is 31.3. The number of ether oxygens (including phenoxy) is 5. The first-order valence-electron chi connectivity index (χ1n) is 19.7. The summed E-state index contributed by atoms with van der Waals surface area (Å²) in [7, 11) is -17.4. The Bertz CT molecular complexity index is 2740. The summed E-state index contributed by atoms with van der Waals surface area (Å²) in [6.45, 7) is 2.04. The number of carbonyl (C=O) groups is 3. The zero-order valence-electron chi connectivity index (χ0n) is 36.1. The van der Waals surface area contributed by atoms with Gasteiger partial charge in [-0.3, -0.25) is 13.9 Å². The highest BCUT2D eigenvalue weighted by molar-refractivity contribution is 7.66. The Balaban J connectivity index is 1.54. The summed E-state index contributed by atoms with van der Waals surface area (Å²) in [6, 6.07) is 8.22. The number of benzene rings is 2. The number of anilines is 2. The number of nitrogens with zero attached hydrogens (tertiary/aromatic N) is 8. The second kappa shape index (κ2) is 25.5. The van der Waals surface area contributed by atoms with Gasteiger partial charge < -0.3 is 60.0 Å². The number of esters is 2. The van der Waals surface area contributed by atoms with Crippen LogP contribution in [0.4, 0.5) is 11.5 Å². The van der Waals surface area contributed by atoms with Crippen molar-refractivity contribution in [2.24, 2.45) is 16.0 Å². The van der Waals surface area contributed by atoms with Crippen LogP contribution in [0, 0.1) is 11.8 Å². The molecule has 2 heterocycles. The van der Waals surface area contributed by atoms with Crippen LogP contribution < -0.4 is 22.5 Å². The number of nitrogens with two attached hydrogens (primary N) is 2. The first-order valence-corrected chi connectivity index (χ1v) is 24.2. The fraction of sp³-hybridized carbons (Fsp3) is 0.417. The summed E-state index contributed by atoms with van der Waals surface area (Å²) < 4.78 is 76.0. The zero-order chi connectivity index (χ0) is 50.9. The summed E-state index contributed by atoms with van der Waals surface area (Å²) in [5.41, 5.74) is 28.7. The number of phosphoric ester groups is 1. The molecular formula is C36H44N11O19P3. The first-order chi connectivity index (χ1) is 32.6. The smallest absolute Gasteiger partial charge is 0.456 e. The first kappa shape index (κ1) is 55.6. The van der Waals surface area contributed by atoms with Gasteiger partial charge in [-0.2, -0.15) is 13.6 Å². The van der Waals surface area contributed by atoms with Gasteiger partial charge >= 0.3 is 41.1 Å². The second-order valence-electron chi connectivity index (χ2n) is 14.0. The standard InChI is InChI=1S/C36H44N11O19P3/c1-21(43-45-39)25-7-3-4-8-26(25)35(50)64-29-17-32(63-30(29)19-62-68(55,56)66-69(57,58)65-67(52,53)54)47-18-23(33(38)42-36(47)51)6-5-12-61-34(49)27-10-9-24(16-28(27)22(2)44-46-40)41-31(48)20-60-15-14-59-13-11-37/h3-4,7-10,16,18,21-22,29-30,32H,11-15,17,19-20,37H2,1-2H3,(H,41,48)(H,55,56)(H,57,58)(H2,38,42,51)(H2,52,53,54)/t21?,22?,29?,30-,32-/m1/s1. The third-order valence-corrected chi connectivity index (χ3v) is 12.8. The quantitative estimate of drug-likeness (QED) is 0.0128. The van der Waals surface area contributed by atoms with E-state index < -0.39 is 97.2 Å². The molecule has 0 saturated carbocycles. The predicted molar refractivity (Wildman–Crippen MR) is 235 cm³/mol. The molecule has 1 saturated heterocycles. The van der Waals surface area contributed by atoms with Crippen molar-refractivity contribution in [3.05, 3.63) is 108 Å². The van der Waals surface area contributed by atoms with Gasteiger partial charge in [0, 0.05) is 34.7 Å². The number of hydrogen-bond acceptors (Lipinski definition) is 20. The molecule has 9 N–H and O–H groups in total. The fourth-order valence-corrected chi connectivity index (χ4v) is 9.11. The molecule has 372 valence electrons. The Hall–Kier alpha value is -6.04. The molecule has 0 aliphatic carbocycles. The summed E-state index contributed by atoms with van der Waals surface area (Å²) in [6.07, 6.45) is -3.85. The van der Waals surface area contributed by atoms with Crippen molar-refractivity contribution in [1.29, 1.82) is 0 Å². The normalized spacial score (nSPS) is 18.1. The van der Waals surface area contributed by atoms with Crippen molar-refractivity contribution in [3.8, 4) is 11.8 Å².